The Morgan fingerprint density at radius 2 is 0.786 bits per heavy atom. The summed E-state index contributed by atoms with van der Waals surface area (Å²) in [5, 5.41) is 18.4. The second kappa shape index (κ2) is 24.2. The molecule has 2 aromatic carbocycles. The molecular formula is C29H45F3LaO8S. The van der Waals surface area contributed by atoms with Crippen molar-refractivity contribution in [2.75, 3.05) is 39.6 Å². The predicted octanol–water partition coefficient (Wildman–Crippen LogP) is 6.80. The number of phenolic OH excluding ortho intramolecular Hbond substituents is 2. The molecule has 42 heavy (non-hydrogen) atoms. The molecule has 0 aliphatic carbocycles. The van der Waals surface area contributed by atoms with Crippen LogP contribution < -0.4 is 0 Å². The van der Waals surface area contributed by atoms with Gasteiger partial charge in [-0.1, -0.05) is 36.4 Å². The van der Waals surface area contributed by atoms with Gasteiger partial charge < -0.3 is 24.4 Å². The van der Waals surface area contributed by atoms with E-state index >= 15 is 0 Å². The molecule has 0 spiro atoms. The van der Waals surface area contributed by atoms with Crippen LogP contribution in [0.15, 0.2) is 36.4 Å². The molecule has 8 nitrogen and oxygen atoms in total. The van der Waals surface area contributed by atoms with Crippen molar-refractivity contribution in [2.24, 2.45) is 0 Å². The van der Waals surface area contributed by atoms with Gasteiger partial charge in [0.1, 0.15) is 11.5 Å². The van der Waals surface area contributed by atoms with E-state index in [1.54, 1.807) is 0 Å². The SMILES string of the molecule is C1CCOC1.C1CCOC1.C1CCOC1.Cc1cccc(C)c1O.Cc1cccc(C)c1O.O=S(=O)(O)C(F)(F)F.[La]. The van der Waals surface area contributed by atoms with Crippen molar-refractivity contribution in [3.63, 3.8) is 0 Å². The summed E-state index contributed by atoms with van der Waals surface area (Å²) in [6, 6.07) is 11.4. The van der Waals surface area contributed by atoms with Crippen LogP contribution in [-0.4, -0.2) is 68.3 Å². The maximum Gasteiger partial charge on any atom is 0.522 e. The van der Waals surface area contributed by atoms with Gasteiger partial charge in [0, 0.05) is 75.2 Å². The monoisotopic (exact) mass is 749 g/mol. The Labute approximate surface area is 276 Å². The van der Waals surface area contributed by atoms with Gasteiger partial charge in [-0.15, -0.1) is 0 Å². The molecule has 3 aliphatic rings. The van der Waals surface area contributed by atoms with Crippen molar-refractivity contribution in [3.05, 3.63) is 58.7 Å². The average Bonchev–Trinajstić information content (AvgIpc) is 3.72. The number of aryl methyl sites for hydroxylation is 4. The van der Waals surface area contributed by atoms with Crippen molar-refractivity contribution in [1.82, 2.24) is 0 Å². The Morgan fingerprint density at radius 3 is 0.881 bits per heavy atom. The summed E-state index contributed by atoms with van der Waals surface area (Å²) in [5.74, 6) is 0.829. The molecule has 0 bridgehead atoms. The molecule has 13 heteroatoms. The summed E-state index contributed by atoms with van der Waals surface area (Å²) in [6.45, 7) is 13.6. The van der Waals surface area contributed by atoms with Crippen LogP contribution >= 0.6 is 0 Å². The molecule has 3 N–H and O–H groups in total. The zero-order valence-corrected chi connectivity index (χ0v) is 29.4. The van der Waals surface area contributed by atoms with E-state index in [1.165, 1.54) is 38.5 Å². The van der Waals surface area contributed by atoms with Gasteiger partial charge >= 0.3 is 15.6 Å². The Balaban J connectivity index is 0. The molecular weight excluding hydrogens is 704 g/mol. The minimum absolute atomic E-state index is 0. The third-order valence-electron chi connectivity index (χ3n) is 5.65. The van der Waals surface area contributed by atoms with Crippen molar-refractivity contribution in [1.29, 1.82) is 0 Å². The van der Waals surface area contributed by atoms with Gasteiger partial charge in [0.05, 0.1) is 0 Å². The van der Waals surface area contributed by atoms with Crippen LogP contribution in [0.2, 0.25) is 0 Å². The maximum absolute atomic E-state index is 10.7. The van der Waals surface area contributed by atoms with Gasteiger partial charge in [0.25, 0.3) is 0 Å². The quantitative estimate of drug-likeness (QED) is 0.199. The molecule has 3 saturated heterocycles. The number of rotatable bonds is 0. The minimum Gasteiger partial charge on any atom is -0.507 e. The van der Waals surface area contributed by atoms with Crippen LogP contribution in [0, 0.1) is 63.3 Å². The molecule has 0 amide bonds. The maximum atomic E-state index is 10.7. The summed E-state index contributed by atoms with van der Waals surface area (Å²) in [5.41, 5.74) is -1.78. The van der Waals surface area contributed by atoms with Crippen LogP contribution in [0.3, 0.4) is 0 Å². The average molecular weight is 750 g/mol. The molecule has 3 heterocycles. The molecule has 3 fully saturated rings. The fourth-order valence-electron chi connectivity index (χ4n) is 3.14. The minimum atomic E-state index is -5.84. The van der Waals surface area contributed by atoms with Crippen LogP contribution in [0.1, 0.15) is 60.8 Å². The van der Waals surface area contributed by atoms with E-state index in [4.69, 9.17) is 27.2 Å². The first kappa shape index (κ1) is 42.9. The number of aromatic hydroxyl groups is 2. The van der Waals surface area contributed by atoms with Crippen molar-refractivity contribution >= 4 is 10.1 Å². The normalized spacial score (nSPS) is 15.3. The molecule has 1 radical (unpaired) electrons. The number of hydrogen-bond donors (Lipinski definition) is 3. The molecule has 3 aliphatic heterocycles. The van der Waals surface area contributed by atoms with Gasteiger partial charge in [-0.3, -0.25) is 4.55 Å². The second-order valence-corrected chi connectivity index (χ2v) is 10.8. The van der Waals surface area contributed by atoms with Gasteiger partial charge in [-0.25, -0.2) is 0 Å². The van der Waals surface area contributed by atoms with E-state index < -0.39 is 15.6 Å². The van der Waals surface area contributed by atoms with Gasteiger partial charge in [-0.05, 0) is 88.5 Å². The topological polar surface area (TPSA) is 123 Å². The van der Waals surface area contributed by atoms with Crippen molar-refractivity contribution in [2.45, 2.75) is 71.7 Å². The summed E-state index contributed by atoms with van der Waals surface area (Å²) in [6.07, 6.45) is 7.67. The molecule has 239 valence electrons. The Kier molecular flexibility index (Phi) is 24.7. The van der Waals surface area contributed by atoms with Crippen LogP contribution in [0.4, 0.5) is 13.2 Å². The van der Waals surface area contributed by atoms with E-state index in [2.05, 4.69) is 0 Å². The van der Waals surface area contributed by atoms with E-state index in [-0.39, 0.29) is 35.6 Å². The van der Waals surface area contributed by atoms with Crippen LogP contribution in [0.5, 0.6) is 11.5 Å². The molecule has 0 saturated carbocycles. The number of para-hydroxylation sites is 2. The number of halogens is 3. The first-order valence-electron chi connectivity index (χ1n) is 13.5. The third kappa shape index (κ3) is 21.5. The molecule has 0 aromatic heterocycles. The summed E-state index contributed by atoms with van der Waals surface area (Å²) < 4.78 is 72.4. The van der Waals surface area contributed by atoms with Gasteiger partial charge in [0.2, 0.25) is 0 Å². The smallest absolute Gasteiger partial charge is 0.507 e. The summed E-state index contributed by atoms with van der Waals surface area (Å²) in [4.78, 5) is 0. The van der Waals surface area contributed by atoms with Crippen molar-refractivity contribution < 1.29 is 86.2 Å². The van der Waals surface area contributed by atoms with E-state index in [0.717, 1.165) is 61.9 Å². The zero-order chi connectivity index (χ0) is 31.3. The summed E-state index contributed by atoms with van der Waals surface area (Å²) in [7, 11) is -5.84. The Morgan fingerprint density at radius 1 is 0.595 bits per heavy atom. The zero-order valence-electron chi connectivity index (χ0n) is 25.0. The van der Waals surface area contributed by atoms with Crippen LogP contribution in [0.25, 0.3) is 0 Å². The summed E-state index contributed by atoms with van der Waals surface area (Å²) >= 11 is 0. The fourth-order valence-corrected chi connectivity index (χ4v) is 3.14. The fraction of sp³-hybridized carbons (Fsp3) is 0.586. The first-order chi connectivity index (χ1) is 19.2. The van der Waals surface area contributed by atoms with Gasteiger partial charge in [-0.2, -0.15) is 21.6 Å². The molecule has 0 atom stereocenters. The van der Waals surface area contributed by atoms with E-state index in [0.29, 0.717) is 11.5 Å². The number of ether oxygens (including phenoxy) is 3. The Bertz CT molecular complexity index is 934. The molecule has 0 unspecified atom stereocenters. The number of alkyl halides is 3. The Hall–Kier alpha value is -1.19. The largest absolute Gasteiger partial charge is 0.522 e. The van der Waals surface area contributed by atoms with Crippen molar-refractivity contribution in [3.8, 4) is 11.5 Å². The van der Waals surface area contributed by atoms with E-state index in [9.17, 15) is 23.4 Å². The third-order valence-corrected chi connectivity index (χ3v) is 6.24. The molecule has 2 aromatic rings. The predicted molar refractivity (Wildman–Crippen MR) is 153 cm³/mol. The standard InChI is InChI=1S/2C8H10O.3C4H8O.CHF3O3S.La/c2*1-6-4-3-5-7(2)8(6)9;3*1-2-4-5-3-1;2-1(3,4)8(5,6)7;/h2*3-5,9H,1-2H3;3*1-4H2;(H,5,6,7);. The number of hydrogen-bond acceptors (Lipinski definition) is 7. The van der Waals surface area contributed by atoms with Gasteiger partial charge in [0.15, 0.2) is 0 Å². The number of benzene rings is 2. The second-order valence-electron chi connectivity index (χ2n) is 9.36. The first-order valence-corrected chi connectivity index (χ1v) is 14.9. The number of phenols is 2. The van der Waals surface area contributed by atoms with Crippen LogP contribution in [-0.2, 0) is 24.3 Å². The molecule has 5 rings (SSSR count). The van der Waals surface area contributed by atoms with E-state index in [1.807, 2.05) is 64.1 Å².